The predicted molar refractivity (Wildman–Crippen MR) is 91.8 cm³/mol. The molecule has 0 radical (unpaired) electrons. The number of nitrogens with one attached hydrogen (secondary N) is 2. The summed E-state index contributed by atoms with van der Waals surface area (Å²) in [5.74, 6) is -0.285. The molecular weight excluding hydrogens is 316 g/mol. The number of benzene rings is 1. The largest absolute Gasteiger partial charge is 0.368 e. The summed E-state index contributed by atoms with van der Waals surface area (Å²) in [6.07, 6.45) is 0. The van der Waals surface area contributed by atoms with Gasteiger partial charge in [-0.25, -0.2) is 0 Å². The normalized spacial score (nSPS) is 15.3. The van der Waals surface area contributed by atoms with E-state index in [9.17, 15) is 9.59 Å². The Morgan fingerprint density at radius 1 is 1.09 bits per heavy atom. The summed E-state index contributed by atoms with van der Waals surface area (Å²) in [5, 5.41) is 6.04. The molecule has 1 saturated heterocycles. The van der Waals surface area contributed by atoms with Gasteiger partial charge in [0.25, 0.3) is 0 Å². The van der Waals surface area contributed by atoms with Gasteiger partial charge in [-0.2, -0.15) is 0 Å². The van der Waals surface area contributed by atoms with Crippen LogP contribution in [0.4, 0.5) is 5.69 Å². The molecular formula is C16H23ClN4O2. The predicted octanol–water partition coefficient (Wildman–Crippen LogP) is 0.714. The summed E-state index contributed by atoms with van der Waals surface area (Å²) >= 11 is 6.22. The molecule has 0 aliphatic carbocycles. The maximum atomic E-state index is 11.9. The Kier molecular flexibility index (Phi) is 6.67. The van der Waals surface area contributed by atoms with Gasteiger partial charge >= 0.3 is 0 Å². The topological polar surface area (TPSA) is 64.7 Å². The Morgan fingerprint density at radius 2 is 1.78 bits per heavy atom. The number of hydrogen-bond acceptors (Lipinski definition) is 4. The minimum atomic E-state index is -0.163. The van der Waals surface area contributed by atoms with Crippen molar-refractivity contribution in [3.8, 4) is 0 Å². The fourth-order valence-electron chi connectivity index (χ4n) is 2.55. The summed E-state index contributed by atoms with van der Waals surface area (Å²) in [4.78, 5) is 27.5. The number of anilines is 1. The van der Waals surface area contributed by atoms with Crippen LogP contribution in [0.5, 0.6) is 0 Å². The van der Waals surface area contributed by atoms with Crippen molar-refractivity contribution in [1.29, 1.82) is 0 Å². The second kappa shape index (κ2) is 8.74. The third-order valence-electron chi connectivity index (χ3n) is 3.75. The van der Waals surface area contributed by atoms with Crippen LogP contribution in [-0.4, -0.2) is 62.5 Å². The number of piperazine rings is 1. The van der Waals surface area contributed by atoms with Crippen LogP contribution in [0, 0.1) is 0 Å². The highest BCUT2D eigenvalue weighted by Gasteiger charge is 2.20. The Balaban J connectivity index is 1.73. The molecule has 126 valence electrons. The number of para-hydroxylation sites is 1. The summed E-state index contributed by atoms with van der Waals surface area (Å²) in [7, 11) is 0. The first-order valence-corrected chi connectivity index (χ1v) is 8.23. The number of halogens is 1. The molecule has 2 rings (SSSR count). The maximum Gasteiger partial charge on any atom is 0.239 e. The first kappa shape index (κ1) is 17.6. The fraction of sp³-hybridized carbons (Fsp3) is 0.500. The number of hydrogen-bond donors (Lipinski definition) is 2. The van der Waals surface area contributed by atoms with Crippen LogP contribution in [0.25, 0.3) is 0 Å². The van der Waals surface area contributed by atoms with E-state index in [1.54, 1.807) is 0 Å². The van der Waals surface area contributed by atoms with Gasteiger partial charge in [-0.05, 0) is 19.1 Å². The number of amides is 2. The minimum absolute atomic E-state index is 0.0340. The zero-order valence-corrected chi connectivity index (χ0v) is 14.1. The summed E-state index contributed by atoms with van der Waals surface area (Å²) in [6, 6.07) is 7.79. The highest BCUT2D eigenvalue weighted by atomic mass is 35.5. The van der Waals surface area contributed by atoms with Crippen LogP contribution >= 0.6 is 11.6 Å². The number of likely N-dealkylation sites (N-methyl/N-ethyl adjacent to an activating group) is 1. The van der Waals surface area contributed by atoms with Gasteiger partial charge in [-0.3, -0.25) is 14.5 Å². The van der Waals surface area contributed by atoms with Gasteiger partial charge in [0, 0.05) is 32.7 Å². The molecule has 0 spiro atoms. The van der Waals surface area contributed by atoms with Crippen LogP contribution in [0.2, 0.25) is 5.02 Å². The van der Waals surface area contributed by atoms with Gasteiger partial charge in [0.15, 0.2) is 0 Å². The Labute approximate surface area is 141 Å². The Bertz CT molecular complexity index is 545. The van der Waals surface area contributed by atoms with E-state index in [4.69, 9.17) is 11.6 Å². The van der Waals surface area contributed by atoms with Crippen molar-refractivity contribution in [2.75, 3.05) is 50.7 Å². The zero-order valence-electron chi connectivity index (χ0n) is 13.3. The molecule has 1 fully saturated rings. The SMILES string of the molecule is CCNC(=O)CNC(=O)CN1CCN(c2ccccc2Cl)CC1. The molecule has 2 N–H and O–H groups in total. The Hall–Kier alpha value is -1.79. The summed E-state index contributed by atoms with van der Waals surface area (Å²) < 4.78 is 0. The van der Waals surface area contributed by atoms with E-state index >= 15 is 0 Å². The average molecular weight is 339 g/mol. The first-order chi connectivity index (χ1) is 11.1. The second-order valence-corrected chi connectivity index (χ2v) is 5.85. The molecule has 1 aliphatic rings. The van der Waals surface area contributed by atoms with Gasteiger partial charge < -0.3 is 15.5 Å². The third kappa shape index (κ3) is 5.41. The molecule has 1 heterocycles. The minimum Gasteiger partial charge on any atom is -0.368 e. The second-order valence-electron chi connectivity index (χ2n) is 5.44. The van der Waals surface area contributed by atoms with E-state index in [2.05, 4.69) is 20.4 Å². The number of carbonyl (C=O) groups is 2. The number of nitrogens with zero attached hydrogens (tertiary/aromatic N) is 2. The first-order valence-electron chi connectivity index (χ1n) is 7.85. The van der Waals surface area contributed by atoms with Gasteiger partial charge in [0.05, 0.1) is 23.8 Å². The van der Waals surface area contributed by atoms with E-state index in [0.717, 1.165) is 36.9 Å². The average Bonchev–Trinajstić information content (AvgIpc) is 2.55. The molecule has 0 atom stereocenters. The van der Waals surface area contributed by atoms with Crippen LogP contribution in [0.1, 0.15) is 6.92 Å². The van der Waals surface area contributed by atoms with E-state index in [1.807, 2.05) is 31.2 Å². The summed E-state index contributed by atoms with van der Waals surface area (Å²) in [6.45, 7) is 6.00. The molecule has 0 aromatic heterocycles. The van der Waals surface area contributed by atoms with Crippen molar-refractivity contribution >= 4 is 29.1 Å². The van der Waals surface area contributed by atoms with Crippen molar-refractivity contribution in [2.45, 2.75) is 6.92 Å². The molecule has 0 saturated carbocycles. The van der Waals surface area contributed by atoms with Crippen LogP contribution in [0.15, 0.2) is 24.3 Å². The lowest BCUT2D eigenvalue weighted by Crippen LogP contribution is -2.50. The van der Waals surface area contributed by atoms with Crippen molar-refractivity contribution < 1.29 is 9.59 Å². The zero-order chi connectivity index (χ0) is 16.7. The number of rotatable bonds is 6. The Morgan fingerprint density at radius 3 is 2.43 bits per heavy atom. The van der Waals surface area contributed by atoms with E-state index in [-0.39, 0.29) is 18.4 Å². The van der Waals surface area contributed by atoms with Crippen LogP contribution in [-0.2, 0) is 9.59 Å². The van der Waals surface area contributed by atoms with Crippen molar-refractivity contribution in [3.63, 3.8) is 0 Å². The molecule has 1 aliphatic heterocycles. The molecule has 1 aromatic rings. The molecule has 0 unspecified atom stereocenters. The van der Waals surface area contributed by atoms with E-state index in [0.29, 0.717) is 13.1 Å². The summed E-state index contributed by atoms with van der Waals surface area (Å²) in [5.41, 5.74) is 1.04. The molecule has 6 nitrogen and oxygen atoms in total. The quantitative estimate of drug-likeness (QED) is 0.802. The van der Waals surface area contributed by atoms with E-state index < -0.39 is 0 Å². The van der Waals surface area contributed by atoms with Crippen molar-refractivity contribution in [2.24, 2.45) is 0 Å². The number of carbonyl (C=O) groups excluding carboxylic acids is 2. The molecule has 7 heteroatoms. The third-order valence-corrected chi connectivity index (χ3v) is 4.07. The maximum absolute atomic E-state index is 11.9. The molecule has 2 amide bonds. The lowest BCUT2D eigenvalue weighted by atomic mass is 10.2. The molecule has 1 aromatic carbocycles. The smallest absolute Gasteiger partial charge is 0.239 e. The fourth-order valence-corrected chi connectivity index (χ4v) is 2.81. The highest BCUT2D eigenvalue weighted by Crippen LogP contribution is 2.25. The monoisotopic (exact) mass is 338 g/mol. The molecule has 0 bridgehead atoms. The van der Waals surface area contributed by atoms with E-state index in [1.165, 1.54) is 0 Å². The van der Waals surface area contributed by atoms with Gasteiger partial charge in [-0.15, -0.1) is 0 Å². The lowest BCUT2D eigenvalue weighted by Gasteiger charge is -2.36. The molecule has 23 heavy (non-hydrogen) atoms. The van der Waals surface area contributed by atoms with Crippen molar-refractivity contribution in [3.05, 3.63) is 29.3 Å². The highest BCUT2D eigenvalue weighted by molar-refractivity contribution is 6.33. The van der Waals surface area contributed by atoms with Gasteiger partial charge in [-0.1, -0.05) is 23.7 Å². The lowest BCUT2D eigenvalue weighted by molar-refractivity contribution is -0.126. The van der Waals surface area contributed by atoms with Gasteiger partial charge in [0.2, 0.25) is 11.8 Å². The van der Waals surface area contributed by atoms with Crippen molar-refractivity contribution in [1.82, 2.24) is 15.5 Å². The van der Waals surface area contributed by atoms with Crippen LogP contribution < -0.4 is 15.5 Å². The van der Waals surface area contributed by atoms with Gasteiger partial charge in [0.1, 0.15) is 0 Å². The van der Waals surface area contributed by atoms with Crippen LogP contribution in [0.3, 0.4) is 0 Å². The standard InChI is InChI=1S/C16H23ClN4O2/c1-2-18-15(22)11-19-16(23)12-20-7-9-21(10-8-20)14-6-4-3-5-13(14)17/h3-6H,2,7-12H2,1H3,(H,18,22)(H,19,23).